The topological polar surface area (TPSA) is 84.0 Å². The van der Waals surface area contributed by atoms with Gasteiger partial charge in [0.05, 0.1) is 17.6 Å². The van der Waals surface area contributed by atoms with Crippen molar-refractivity contribution in [3.63, 3.8) is 0 Å². The lowest BCUT2D eigenvalue weighted by Crippen LogP contribution is -2.30. The highest BCUT2D eigenvalue weighted by molar-refractivity contribution is 6.19. The van der Waals surface area contributed by atoms with Crippen LogP contribution in [-0.4, -0.2) is 35.1 Å². The molecular formula is C23H22N2O5. The standard InChI is InChI=1S/C23H22N2O5/c1-15(16-6-3-2-4-7-16)24-14-17(12-22(24)28)23(29)30-19-9-5-8-18(13-19)25-20(26)10-11-21(25)27/h2-9,13,15,17H,10-12,14H2,1H3/t15-,17-/m0/s1. The van der Waals surface area contributed by atoms with Crippen molar-refractivity contribution in [2.75, 3.05) is 11.4 Å². The summed E-state index contributed by atoms with van der Waals surface area (Å²) in [5, 5.41) is 0. The third-order valence-electron chi connectivity index (χ3n) is 5.59. The fourth-order valence-electron chi connectivity index (χ4n) is 3.93. The molecule has 7 nitrogen and oxygen atoms in total. The predicted octanol–water partition coefficient (Wildman–Crippen LogP) is 2.86. The molecule has 0 aromatic heterocycles. The Labute approximate surface area is 174 Å². The van der Waals surface area contributed by atoms with Gasteiger partial charge in [0, 0.05) is 31.9 Å². The second-order valence-corrected chi connectivity index (χ2v) is 7.58. The molecule has 2 aliphatic rings. The van der Waals surface area contributed by atoms with Crippen LogP contribution < -0.4 is 9.64 Å². The maximum absolute atomic E-state index is 12.7. The van der Waals surface area contributed by atoms with Gasteiger partial charge in [-0.2, -0.15) is 0 Å². The Hall–Kier alpha value is -3.48. The largest absolute Gasteiger partial charge is 0.426 e. The molecule has 3 amide bonds. The molecule has 0 unspecified atom stereocenters. The molecule has 2 heterocycles. The molecule has 0 spiro atoms. The van der Waals surface area contributed by atoms with Gasteiger partial charge in [-0.25, -0.2) is 0 Å². The van der Waals surface area contributed by atoms with Gasteiger partial charge in [-0.05, 0) is 24.6 Å². The zero-order valence-corrected chi connectivity index (χ0v) is 16.6. The Bertz CT molecular complexity index is 988. The average Bonchev–Trinajstić information content (AvgIpc) is 3.30. The third kappa shape index (κ3) is 3.83. The molecule has 2 aromatic rings. The summed E-state index contributed by atoms with van der Waals surface area (Å²) in [7, 11) is 0. The second-order valence-electron chi connectivity index (χ2n) is 7.58. The van der Waals surface area contributed by atoms with Crippen molar-refractivity contribution in [1.82, 2.24) is 4.90 Å². The van der Waals surface area contributed by atoms with Crippen LogP contribution in [0.5, 0.6) is 5.75 Å². The van der Waals surface area contributed by atoms with Crippen LogP contribution in [0.2, 0.25) is 0 Å². The zero-order valence-electron chi connectivity index (χ0n) is 16.6. The molecule has 2 aliphatic heterocycles. The quantitative estimate of drug-likeness (QED) is 0.433. The zero-order chi connectivity index (χ0) is 21.3. The summed E-state index contributed by atoms with van der Waals surface area (Å²) in [6, 6.07) is 15.9. The van der Waals surface area contributed by atoms with Crippen LogP contribution in [-0.2, 0) is 19.2 Å². The van der Waals surface area contributed by atoms with E-state index >= 15 is 0 Å². The van der Waals surface area contributed by atoms with Crippen LogP contribution >= 0.6 is 0 Å². The average molecular weight is 406 g/mol. The minimum absolute atomic E-state index is 0.0877. The molecule has 2 aromatic carbocycles. The van der Waals surface area contributed by atoms with Gasteiger partial charge in [-0.15, -0.1) is 0 Å². The van der Waals surface area contributed by atoms with Gasteiger partial charge >= 0.3 is 5.97 Å². The monoisotopic (exact) mass is 406 g/mol. The molecular weight excluding hydrogens is 384 g/mol. The van der Waals surface area contributed by atoms with Gasteiger partial charge in [-0.1, -0.05) is 36.4 Å². The first-order chi connectivity index (χ1) is 14.4. The Kier molecular flexibility index (Phi) is 5.35. The van der Waals surface area contributed by atoms with Crippen molar-refractivity contribution in [2.45, 2.75) is 32.2 Å². The maximum Gasteiger partial charge on any atom is 0.316 e. The highest BCUT2D eigenvalue weighted by Crippen LogP contribution is 2.30. The number of esters is 1. The van der Waals surface area contributed by atoms with E-state index in [4.69, 9.17) is 4.74 Å². The molecule has 2 saturated heterocycles. The van der Waals surface area contributed by atoms with E-state index in [1.807, 2.05) is 37.3 Å². The molecule has 0 saturated carbocycles. The number of likely N-dealkylation sites (tertiary alicyclic amines) is 1. The first kappa shape index (κ1) is 19.8. The number of amides is 3. The van der Waals surface area contributed by atoms with E-state index < -0.39 is 11.9 Å². The van der Waals surface area contributed by atoms with Crippen molar-refractivity contribution in [2.24, 2.45) is 5.92 Å². The van der Waals surface area contributed by atoms with E-state index in [1.54, 1.807) is 23.1 Å². The number of nitrogens with zero attached hydrogens (tertiary/aromatic N) is 2. The molecule has 4 rings (SSSR count). The molecule has 0 bridgehead atoms. The van der Waals surface area contributed by atoms with Crippen molar-refractivity contribution < 1.29 is 23.9 Å². The van der Waals surface area contributed by atoms with Crippen LogP contribution in [0.25, 0.3) is 0 Å². The molecule has 154 valence electrons. The number of imide groups is 1. The third-order valence-corrected chi connectivity index (χ3v) is 5.59. The van der Waals surface area contributed by atoms with Crippen LogP contribution in [0.15, 0.2) is 54.6 Å². The fourth-order valence-corrected chi connectivity index (χ4v) is 3.93. The molecule has 30 heavy (non-hydrogen) atoms. The van der Waals surface area contributed by atoms with E-state index in [2.05, 4.69) is 0 Å². The predicted molar refractivity (Wildman–Crippen MR) is 108 cm³/mol. The van der Waals surface area contributed by atoms with E-state index in [1.165, 1.54) is 6.07 Å². The number of rotatable bonds is 5. The molecule has 2 atom stereocenters. The van der Waals surface area contributed by atoms with Crippen LogP contribution in [0.3, 0.4) is 0 Å². The van der Waals surface area contributed by atoms with Gasteiger partial charge in [0.2, 0.25) is 17.7 Å². The lowest BCUT2D eigenvalue weighted by atomic mass is 10.1. The summed E-state index contributed by atoms with van der Waals surface area (Å²) in [4.78, 5) is 51.8. The smallest absolute Gasteiger partial charge is 0.316 e. The number of hydrogen-bond acceptors (Lipinski definition) is 5. The van der Waals surface area contributed by atoms with Gasteiger partial charge in [0.25, 0.3) is 0 Å². The maximum atomic E-state index is 12.7. The Balaban J connectivity index is 1.43. The molecule has 0 N–H and O–H groups in total. The van der Waals surface area contributed by atoms with Gasteiger partial charge in [0.15, 0.2) is 0 Å². The summed E-state index contributed by atoms with van der Waals surface area (Å²) in [5.74, 6) is -1.45. The summed E-state index contributed by atoms with van der Waals surface area (Å²) >= 11 is 0. The van der Waals surface area contributed by atoms with Crippen LogP contribution in [0.1, 0.15) is 37.8 Å². The molecule has 0 radical (unpaired) electrons. The number of carbonyl (C=O) groups is 4. The Morgan fingerprint density at radius 1 is 0.967 bits per heavy atom. The summed E-state index contributed by atoms with van der Waals surface area (Å²) in [5.41, 5.74) is 1.39. The normalized spacial score (nSPS) is 20.0. The minimum Gasteiger partial charge on any atom is -0.426 e. The van der Waals surface area contributed by atoms with Crippen molar-refractivity contribution in [3.05, 3.63) is 60.2 Å². The summed E-state index contributed by atoms with van der Waals surface area (Å²) in [6.07, 6.45) is 0.462. The van der Waals surface area contributed by atoms with Crippen molar-refractivity contribution in [3.8, 4) is 5.75 Å². The number of benzene rings is 2. The number of hydrogen-bond donors (Lipinski definition) is 0. The lowest BCUT2D eigenvalue weighted by molar-refractivity contribution is -0.139. The minimum atomic E-state index is -0.567. The van der Waals surface area contributed by atoms with Gasteiger partial charge in [0.1, 0.15) is 5.75 Å². The summed E-state index contributed by atoms with van der Waals surface area (Å²) in [6.45, 7) is 2.23. The van der Waals surface area contributed by atoms with E-state index in [0.717, 1.165) is 10.5 Å². The second kappa shape index (κ2) is 8.10. The number of anilines is 1. The van der Waals surface area contributed by atoms with E-state index in [0.29, 0.717) is 5.69 Å². The van der Waals surface area contributed by atoms with Gasteiger partial charge < -0.3 is 9.64 Å². The van der Waals surface area contributed by atoms with Gasteiger partial charge in [-0.3, -0.25) is 24.1 Å². The highest BCUT2D eigenvalue weighted by atomic mass is 16.5. The Morgan fingerprint density at radius 3 is 2.37 bits per heavy atom. The Morgan fingerprint density at radius 2 is 1.67 bits per heavy atom. The SMILES string of the molecule is C[C@@H](c1ccccc1)N1C[C@@H](C(=O)Oc2cccc(N3C(=O)CCC3=O)c2)CC1=O. The highest BCUT2D eigenvalue weighted by Gasteiger charge is 2.38. The van der Waals surface area contributed by atoms with Crippen molar-refractivity contribution >= 4 is 29.4 Å². The number of ether oxygens (including phenoxy) is 1. The molecule has 2 fully saturated rings. The van der Waals surface area contributed by atoms with E-state index in [9.17, 15) is 19.2 Å². The van der Waals surface area contributed by atoms with Crippen LogP contribution in [0.4, 0.5) is 5.69 Å². The first-order valence-electron chi connectivity index (χ1n) is 9.96. The number of carbonyl (C=O) groups excluding carboxylic acids is 4. The molecule has 7 heteroatoms. The summed E-state index contributed by atoms with van der Waals surface area (Å²) < 4.78 is 5.48. The fraction of sp³-hybridized carbons (Fsp3) is 0.304. The first-order valence-corrected chi connectivity index (χ1v) is 9.96. The molecule has 0 aliphatic carbocycles. The van der Waals surface area contributed by atoms with E-state index in [-0.39, 0.29) is 55.3 Å². The van der Waals surface area contributed by atoms with Crippen molar-refractivity contribution in [1.29, 1.82) is 0 Å². The van der Waals surface area contributed by atoms with Crippen LogP contribution in [0, 0.1) is 5.92 Å². The lowest BCUT2D eigenvalue weighted by Gasteiger charge is -2.25.